The van der Waals surface area contributed by atoms with E-state index in [1.165, 1.54) is 17.1 Å². The quantitative estimate of drug-likeness (QED) is 0.794. The number of amides is 2. The molecule has 2 aliphatic heterocycles. The lowest BCUT2D eigenvalue weighted by Gasteiger charge is -2.37. The van der Waals surface area contributed by atoms with E-state index in [0.29, 0.717) is 17.3 Å². The third-order valence-electron chi connectivity index (χ3n) is 6.14. The molecular weight excluding hydrogens is 380 g/mol. The van der Waals surface area contributed by atoms with Crippen LogP contribution in [-0.4, -0.2) is 46.5 Å². The van der Waals surface area contributed by atoms with Crippen molar-refractivity contribution in [1.29, 1.82) is 0 Å². The van der Waals surface area contributed by atoms with Gasteiger partial charge in [-0.05, 0) is 69.5 Å². The molecule has 7 heteroatoms. The van der Waals surface area contributed by atoms with Gasteiger partial charge in [0, 0.05) is 35.6 Å². The highest BCUT2D eigenvalue weighted by atomic mass is 16.2. The molecule has 0 unspecified atom stereocenters. The molecule has 0 radical (unpaired) electrons. The van der Waals surface area contributed by atoms with Gasteiger partial charge in [0.15, 0.2) is 0 Å². The normalized spacial score (nSPS) is 21.1. The summed E-state index contributed by atoms with van der Waals surface area (Å²) >= 11 is 0. The summed E-state index contributed by atoms with van der Waals surface area (Å²) in [5.74, 6) is -0.415. The van der Waals surface area contributed by atoms with E-state index in [1.807, 2.05) is 13.0 Å². The lowest BCUT2D eigenvalue weighted by atomic mass is 9.96. The summed E-state index contributed by atoms with van der Waals surface area (Å²) in [4.78, 5) is 39.6. The lowest BCUT2D eigenvalue weighted by molar-refractivity contribution is -0.116. The molecule has 30 heavy (non-hydrogen) atoms. The highest BCUT2D eigenvalue weighted by Crippen LogP contribution is 2.27. The van der Waals surface area contributed by atoms with Gasteiger partial charge in [-0.3, -0.25) is 19.3 Å². The van der Waals surface area contributed by atoms with Crippen molar-refractivity contribution in [2.45, 2.75) is 51.2 Å². The van der Waals surface area contributed by atoms with E-state index in [0.717, 1.165) is 37.9 Å². The molecule has 2 fully saturated rings. The van der Waals surface area contributed by atoms with Crippen molar-refractivity contribution in [3.8, 4) is 0 Å². The second-order valence-corrected chi connectivity index (χ2v) is 8.21. The largest absolute Gasteiger partial charge is 0.348 e. The van der Waals surface area contributed by atoms with Crippen LogP contribution in [0.3, 0.4) is 0 Å². The third kappa shape index (κ3) is 4.46. The number of nitrogens with zero attached hydrogens (tertiary/aromatic N) is 2. The van der Waals surface area contributed by atoms with Gasteiger partial charge in [-0.25, -0.2) is 0 Å². The maximum absolute atomic E-state index is 12.9. The second kappa shape index (κ2) is 8.83. The monoisotopic (exact) mass is 408 g/mol. The van der Waals surface area contributed by atoms with Gasteiger partial charge in [0.1, 0.15) is 6.54 Å². The number of benzene rings is 1. The van der Waals surface area contributed by atoms with E-state index < -0.39 is 0 Å². The van der Waals surface area contributed by atoms with Crippen molar-refractivity contribution in [3.05, 3.63) is 64.1 Å². The average molecular weight is 409 g/mol. The van der Waals surface area contributed by atoms with Crippen LogP contribution in [0.4, 0.5) is 5.69 Å². The molecule has 1 aromatic heterocycles. The van der Waals surface area contributed by atoms with Gasteiger partial charge < -0.3 is 15.2 Å². The SMILES string of the molecule is Cc1ccc(C(=O)N[C@H]2CCCN3CCC[C@@H]23)cc1NC(=O)Cn1ccccc1=O. The third-order valence-corrected chi connectivity index (χ3v) is 6.14. The zero-order valence-corrected chi connectivity index (χ0v) is 17.3. The van der Waals surface area contributed by atoms with Gasteiger partial charge in [0.05, 0.1) is 0 Å². The Morgan fingerprint density at radius 2 is 1.90 bits per heavy atom. The van der Waals surface area contributed by atoms with Crippen molar-refractivity contribution in [1.82, 2.24) is 14.8 Å². The topological polar surface area (TPSA) is 83.4 Å². The standard InChI is InChI=1S/C23H28N4O3/c1-16-9-10-17(23(30)25-18-6-4-12-26-13-5-7-20(18)26)14-19(16)24-21(28)15-27-11-3-2-8-22(27)29/h2-3,8-11,14,18,20H,4-7,12-13,15H2,1H3,(H,24,28)(H,25,30)/t18-,20-/m0/s1. The van der Waals surface area contributed by atoms with Crippen LogP contribution in [-0.2, 0) is 11.3 Å². The zero-order valence-electron chi connectivity index (χ0n) is 17.3. The van der Waals surface area contributed by atoms with E-state index in [-0.39, 0.29) is 30.0 Å². The fourth-order valence-electron chi connectivity index (χ4n) is 4.55. The number of rotatable bonds is 5. The highest BCUT2D eigenvalue weighted by molar-refractivity contribution is 5.97. The first-order valence-corrected chi connectivity index (χ1v) is 10.6. The van der Waals surface area contributed by atoms with Crippen LogP contribution < -0.4 is 16.2 Å². The van der Waals surface area contributed by atoms with Crippen molar-refractivity contribution >= 4 is 17.5 Å². The van der Waals surface area contributed by atoms with Crippen molar-refractivity contribution in [3.63, 3.8) is 0 Å². The fourth-order valence-corrected chi connectivity index (χ4v) is 4.55. The molecule has 0 bridgehead atoms. The van der Waals surface area contributed by atoms with E-state index >= 15 is 0 Å². The van der Waals surface area contributed by atoms with E-state index in [2.05, 4.69) is 15.5 Å². The molecule has 158 valence electrons. The first kappa shape index (κ1) is 20.3. The van der Waals surface area contributed by atoms with Crippen LogP contribution in [0.5, 0.6) is 0 Å². The summed E-state index contributed by atoms with van der Waals surface area (Å²) in [5, 5.41) is 6.05. The van der Waals surface area contributed by atoms with Crippen LogP contribution in [0.25, 0.3) is 0 Å². The van der Waals surface area contributed by atoms with Crippen LogP contribution in [0.15, 0.2) is 47.4 Å². The van der Waals surface area contributed by atoms with Crippen molar-refractivity contribution < 1.29 is 9.59 Å². The van der Waals surface area contributed by atoms with E-state index in [4.69, 9.17) is 0 Å². The number of aromatic nitrogens is 1. The second-order valence-electron chi connectivity index (χ2n) is 8.21. The Hall–Kier alpha value is -2.93. The van der Waals surface area contributed by atoms with Crippen molar-refractivity contribution in [2.24, 2.45) is 0 Å². The van der Waals surface area contributed by atoms with Crippen LogP contribution in [0.1, 0.15) is 41.6 Å². The Bertz CT molecular complexity index is 1000. The maximum atomic E-state index is 12.9. The molecule has 2 atom stereocenters. The molecule has 4 rings (SSSR count). The molecule has 2 N–H and O–H groups in total. The first-order chi connectivity index (χ1) is 14.5. The summed E-state index contributed by atoms with van der Waals surface area (Å²) in [7, 11) is 0. The van der Waals surface area contributed by atoms with Crippen LogP contribution >= 0.6 is 0 Å². The lowest BCUT2D eigenvalue weighted by Crippen LogP contribution is -2.52. The van der Waals surface area contributed by atoms with Gasteiger partial charge in [-0.2, -0.15) is 0 Å². The molecule has 2 amide bonds. The molecule has 2 saturated heterocycles. The Morgan fingerprint density at radius 3 is 2.70 bits per heavy atom. The Kier molecular flexibility index (Phi) is 5.99. The number of hydrogen-bond acceptors (Lipinski definition) is 4. The highest BCUT2D eigenvalue weighted by Gasteiger charge is 2.35. The number of anilines is 1. The van der Waals surface area contributed by atoms with Gasteiger partial charge in [0.2, 0.25) is 5.91 Å². The molecule has 2 aliphatic rings. The zero-order chi connectivity index (χ0) is 21.1. The van der Waals surface area contributed by atoms with Gasteiger partial charge in [0.25, 0.3) is 11.5 Å². The molecule has 0 spiro atoms. The number of aryl methyl sites for hydroxylation is 1. The fraction of sp³-hybridized carbons (Fsp3) is 0.435. The Balaban J connectivity index is 1.43. The Morgan fingerprint density at radius 1 is 1.10 bits per heavy atom. The minimum absolute atomic E-state index is 0.0743. The smallest absolute Gasteiger partial charge is 0.251 e. The van der Waals surface area contributed by atoms with Gasteiger partial charge in [-0.15, -0.1) is 0 Å². The van der Waals surface area contributed by atoms with E-state index in [9.17, 15) is 14.4 Å². The predicted octanol–water partition coefficient (Wildman–Crippen LogP) is 2.15. The summed E-state index contributed by atoms with van der Waals surface area (Å²) in [5.41, 5.74) is 1.75. The molecule has 0 aliphatic carbocycles. The summed E-state index contributed by atoms with van der Waals surface area (Å²) < 4.78 is 1.34. The molecule has 3 heterocycles. The number of hydrogen-bond donors (Lipinski definition) is 2. The molecule has 1 aromatic carbocycles. The minimum atomic E-state index is -0.308. The predicted molar refractivity (Wildman–Crippen MR) is 116 cm³/mol. The minimum Gasteiger partial charge on any atom is -0.348 e. The number of pyridine rings is 1. The van der Waals surface area contributed by atoms with Gasteiger partial charge >= 0.3 is 0 Å². The number of piperidine rings is 1. The summed E-state index contributed by atoms with van der Waals surface area (Å²) in [6, 6.07) is 10.7. The van der Waals surface area contributed by atoms with Crippen LogP contribution in [0.2, 0.25) is 0 Å². The average Bonchev–Trinajstić information content (AvgIpc) is 3.21. The van der Waals surface area contributed by atoms with Crippen molar-refractivity contribution in [2.75, 3.05) is 18.4 Å². The Labute approximate surface area is 176 Å². The molecule has 2 aromatic rings. The van der Waals surface area contributed by atoms with Gasteiger partial charge in [-0.1, -0.05) is 12.1 Å². The first-order valence-electron chi connectivity index (χ1n) is 10.6. The van der Waals surface area contributed by atoms with E-state index in [1.54, 1.807) is 30.5 Å². The molecular formula is C23H28N4O3. The summed E-state index contributed by atoms with van der Waals surface area (Å²) in [6.45, 7) is 4.06. The molecule has 0 saturated carbocycles. The molecule has 7 nitrogen and oxygen atoms in total. The number of carbonyl (C=O) groups is 2. The summed E-state index contributed by atoms with van der Waals surface area (Å²) in [6.07, 6.45) is 6.03. The van der Waals surface area contributed by atoms with Crippen LogP contribution in [0, 0.1) is 6.92 Å². The number of nitrogens with one attached hydrogen (secondary N) is 2. The number of fused-ring (bicyclic) bond motifs is 1. The maximum Gasteiger partial charge on any atom is 0.251 e. The number of carbonyl (C=O) groups excluding carboxylic acids is 2.